The Morgan fingerprint density at radius 2 is 1.77 bits per heavy atom. The van der Waals surface area contributed by atoms with Crippen molar-refractivity contribution in [2.24, 2.45) is 5.92 Å². The van der Waals surface area contributed by atoms with Crippen LogP contribution in [0.15, 0.2) is 54.7 Å². The average molecular weight is 346 g/mol. The first kappa shape index (κ1) is 16.4. The molecular formula is C21H18N2O3. The summed E-state index contributed by atoms with van der Waals surface area (Å²) in [4.78, 5) is 20.5. The largest absolute Gasteiger partial charge is 0.481 e. The number of carbonyl (C=O) groups is 1. The Labute approximate surface area is 149 Å². The van der Waals surface area contributed by atoms with Crippen molar-refractivity contribution < 1.29 is 15.0 Å². The van der Waals surface area contributed by atoms with Crippen molar-refractivity contribution in [3.63, 3.8) is 0 Å². The second-order valence-electron chi connectivity index (χ2n) is 6.40. The number of aliphatic carboxylic acids is 1. The highest BCUT2D eigenvalue weighted by atomic mass is 16.4. The molecule has 1 atom stereocenters. The lowest BCUT2D eigenvalue weighted by Gasteiger charge is -2.14. The topological polar surface area (TPSA) is 83.3 Å². The third kappa shape index (κ3) is 2.76. The molecule has 2 aromatic heterocycles. The molecule has 0 amide bonds. The van der Waals surface area contributed by atoms with Crippen LogP contribution in [0.1, 0.15) is 12.0 Å². The summed E-state index contributed by atoms with van der Waals surface area (Å²) < 4.78 is 0. The van der Waals surface area contributed by atoms with Gasteiger partial charge in [0, 0.05) is 22.4 Å². The first-order valence-corrected chi connectivity index (χ1v) is 8.58. The molecule has 0 aliphatic rings. The van der Waals surface area contributed by atoms with E-state index in [9.17, 15) is 15.0 Å². The normalized spacial score (nSPS) is 12.7. The van der Waals surface area contributed by atoms with E-state index in [0.717, 1.165) is 38.3 Å². The van der Waals surface area contributed by atoms with Crippen LogP contribution in [0.3, 0.4) is 0 Å². The summed E-state index contributed by atoms with van der Waals surface area (Å²) in [5, 5.41) is 21.6. The molecule has 0 aliphatic carbocycles. The van der Waals surface area contributed by atoms with Crippen LogP contribution in [0.4, 0.5) is 0 Å². The maximum atomic E-state index is 11.3. The maximum Gasteiger partial charge on any atom is 0.308 e. The zero-order chi connectivity index (χ0) is 18.1. The number of pyridine rings is 2. The molecule has 0 saturated carbocycles. The van der Waals surface area contributed by atoms with Crippen molar-refractivity contribution in [3.05, 3.63) is 60.3 Å². The Kier molecular flexibility index (Phi) is 4.22. The van der Waals surface area contributed by atoms with Crippen LogP contribution in [0, 0.1) is 5.92 Å². The predicted octanol–water partition coefficient (Wildman–Crippen LogP) is 3.56. The molecule has 130 valence electrons. The number of hydrogen-bond donors (Lipinski definition) is 2. The molecule has 0 aliphatic heterocycles. The van der Waals surface area contributed by atoms with E-state index in [1.54, 1.807) is 6.20 Å². The van der Waals surface area contributed by atoms with Crippen LogP contribution in [0.25, 0.3) is 32.7 Å². The number of aliphatic hydroxyl groups is 1. The zero-order valence-corrected chi connectivity index (χ0v) is 14.1. The summed E-state index contributed by atoms with van der Waals surface area (Å²) >= 11 is 0. The molecule has 2 heterocycles. The van der Waals surface area contributed by atoms with Crippen LogP contribution in [-0.4, -0.2) is 32.8 Å². The van der Waals surface area contributed by atoms with Gasteiger partial charge in [0.15, 0.2) is 0 Å². The fourth-order valence-corrected chi connectivity index (χ4v) is 3.47. The SMILES string of the molecule is O=C(O)C(CO)CCc1c2ccccc2nc2c1ccc1ncccc12. The second-order valence-corrected chi connectivity index (χ2v) is 6.40. The van der Waals surface area contributed by atoms with Gasteiger partial charge in [0.05, 0.1) is 29.1 Å². The number of nitrogens with zero attached hydrogens (tertiary/aromatic N) is 2. The van der Waals surface area contributed by atoms with Crippen molar-refractivity contribution in [1.82, 2.24) is 9.97 Å². The van der Waals surface area contributed by atoms with Crippen LogP contribution < -0.4 is 0 Å². The Balaban J connectivity index is 1.95. The molecular weight excluding hydrogens is 328 g/mol. The Morgan fingerprint density at radius 1 is 0.962 bits per heavy atom. The number of benzene rings is 2. The van der Waals surface area contributed by atoms with Crippen molar-refractivity contribution in [3.8, 4) is 0 Å². The van der Waals surface area contributed by atoms with E-state index in [4.69, 9.17) is 4.98 Å². The number of aromatic nitrogens is 2. The molecule has 0 spiro atoms. The smallest absolute Gasteiger partial charge is 0.308 e. The molecule has 0 saturated heterocycles. The standard InChI is InChI=1S/C21H18N2O3/c24-12-13(21(25)26)7-8-14-15-4-1-2-6-19(15)23-20-16(14)9-10-18-17(20)5-3-11-22-18/h1-6,9-11,13,24H,7-8,12H2,(H,25,26). The van der Waals surface area contributed by atoms with E-state index in [1.807, 2.05) is 48.5 Å². The number of para-hydroxylation sites is 1. The highest BCUT2D eigenvalue weighted by Crippen LogP contribution is 2.31. The van der Waals surface area contributed by atoms with Crippen molar-refractivity contribution in [2.45, 2.75) is 12.8 Å². The Hall–Kier alpha value is -3.05. The van der Waals surface area contributed by atoms with Gasteiger partial charge in [-0.3, -0.25) is 9.78 Å². The maximum absolute atomic E-state index is 11.3. The predicted molar refractivity (Wildman–Crippen MR) is 101 cm³/mol. The summed E-state index contributed by atoms with van der Waals surface area (Å²) in [6.45, 7) is -0.358. The highest BCUT2D eigenvalue weighted by molar-refractivity contribution is 6.09. The van der Waals surface area contributed by atoms with E-state index in [1.165, 1.54) is 0 Å². The summed E-state index contributed by atoms with van der Waals surface area (Å²) in [5.41, 5.74) is 3.70. The van der Waals surface area contributed by atoms with Gasteiger partial charge < -0.3 is 10.2 Å². The third-order valence-electron chi connectivity index (χ3n) is 4.86. The summed E-state index contributed by atoms with van der Waals surface area (Å²) in [5.74, 6) is -1.73. The van der Waals surface area contributed by atoms with Gasteiger partial charge in [0.25, 0.3) is 0 Å². The fourth-order valence-electron chi connectivity index (χ4n) is 3.47. The second kappa shape index (κ2) is 6.69. The van der Waals surface area contributed by atoms with Crippen LogP contribution >= 0.6 is 0 Å². The molecule has 2 aromatic carbocycles. The summed E-state index contributed by atoms with van der Waals surface area (Å²) in [6, 6.07) is 15.8. The number of hydrogen-bond acceptors (Lipinski definition) is 4. The minimum Gasteiger partial charge on any atom is -0.481 e. The van der Waals surface area contributed by atoms with Gasteiger partial charge in [0.1, 0.15) is 0 Å². The van der Waals surface area contributed by atoms with Gasteiger partial charge in [-0.05, 0) is 42.7 Å². The fraction of sp³-hybridized carbons (Fsp3) is 0.190. The molecule has 26 heavy (non-hydrogen) atoms. The lowest BCUT2D eigenvalue weighted by atomic mass is 9.93. The minimum absolute atomic E-state index is 0.358. The first-order chi connectivity index (χ1) is 12.7. The quantitative estimate of drug-likeness (QED) is 0.426. The average Bonchev–Trinajstić information content (AvgIpc) is 2.67. The zero-order valence-electron chi connectivity index (χ0n) is 14.1. The number of rotatable bonds is 5. The van der Waals surface area contributed by atoms with Crippen LogP contribution in [0.2, 0.25) is 0 Å². The van der Waals surface area contributed by atoms with Crippen LogP contribution in [-0.2, 0) is 11.2 Å². The molecule has 0 radical (unpaired) electrons. The third-order valence-corrected chi connectivity index (χ3v) is 4.86. The Morgan fingerprint density at radius 3 is 2.58 bits per heavy atom. The van der Waals surface area contributed by atoms with E-state index in [-0.39, 0.29) is 6.61 Å². The van der Waals surface area contributed by atoms with Gasteiger partial charge in [-0.25, -0.2) is 4.98 Å². The highest BCUT2D eigenvalue weighted by Gasteiger charge is 2.18. The monoisotopic (exact) mass is 346 g/mol. The molecule has 4 aromatic rings. The van der Waals surface area contributed by atoms with Crippen LogP contribution in [0.5, 0.6) is 0 Å². The molecule has 5 nitrogen and oxygen atoms in total. The number of carboxylic acid groups (broad SMARTS) is 1. The van der Waals surface area contributed by atoms with Gasteiger partial charge in [-0.15, -0.1) is 0 Å². The lowest BCUT2D eigenvalue weighted by molar-refractivity contribution is -0.143. The lowest BCUT2D eigenvalue weighted by Crippen LogP contribution is -2.18. The van der Waals surface area contributed by atoms with Crippen molar-refractivity contribution >= 4 is 38.7 Å². The molecule has 5 heteroatoms. The van der Waals surface area contributed by atoms with Gasteiger partial charge in [0.2, 0.25) is 0 Å². The van der Waals surface area contributed by atoms with Gasteiger partial charge in [-0.2, -0.15) is 0 Å². The van der Waals surface area contributed by atoms with E-state index >= 15 is 0 Å². The number of aliphatic hydroxyl groups excluding tert-OH is 1. The molecule has 2 N–H and O–H groups in total. The molecule has 4 rings (SSSR count). The molecule has 0 fully saturated rings. The van der Waals surface area contributed by atoms with Crippen molar-refractivity contribution in [2.75, 3.05) is 6.61 Å². The minimum atomic E-state index is -0.968. The van der Waals surface area contributed by atoms with E-state index < -0.39 is 11.9 Å². The number of fused-ring (bicyclic) bond motifs is 4. The van der Waals surface area contributed by atoms with E-state index in [0.29, 0.717) is 12.8 Å². The molecule has 1 unspecified atom stereocenters. The van der Waals surface area contributed by atoms with Crippen molar-refractivity contribution in [1.29, 1.82) is 0 Å². The van der Waals surface area contributed by atoms with Gasteiger partial charge in [-0.1, -0.05) is 24.3 Å². The van der Waals surface area contributed by atoms with E-state index in [2.05, 4.69) is 4.98 Å². The number of aryl methyl sites for hydroxylation is 1. The number of carboxylic acids is 1. The Bertz CT molecular complexity index is 1120. The summed E-state index contributed by atoms with van der Waals surface area (Å²) in [6.07, 6.45) is 2.69. The van der Waals surface area contributed by atoms with Gasteiger partial charge >= 0.3 is 5.97 Å². The molecule has 0 bridgehead atoms. The first-order valence-electron chi connectivity index (χ1n) is 8.58. The summed E-state index contributed by atoms with van der Waals surface area (Å²) in [7, 11) is 0.